The van der Waals surface area contributed by atoms with Crippen LogP contribution >= 0.6 is 0 Å². The maximum absolute atomic E-state index is 2.31. The largest absolute Gasteiger partial charge is 0.0623 e. The second-order valence-electron chi connectivity index (χ2n) is 13.8. The van der Waals surface area contributed by atoms with Crippen LogP contribution < -0.4 is 0 Å². The zero-order chi connectivity index (χ0) is 36.4. The van der Waals surface area contributed by atoms with Crippen molar-refractivity contribution >= 4 is 0 Å². The Morgan fingerprint density at radius 3 is 0.962 bits per heavy atom. The molecule has 9 rings (SSSR count). The summed E-state index contributed by atoms with van der Waals surface area (Å²) < 4.78 is 0. The molecule has 8 aromatic carbocycles. The Labute approximate surface area is 316 Å². The quantitative estimate of drug-likeness (QED) is 0.173. The maximum Gasteiger partial charge on any atom is 0.0142 e. The van der Waals surface area contributed by atoms with Crippen LogP contribution in [0.1, 0.15) is 39.3 Å². The highest BCUT2D eigenvalue weighted by molar-refractivity contribution is 5.89. The predicted octanol–water partition coefficient (Wildman–Crippen LogP) is 14.3. The van der Waals surface area contributed by atoms with Gasteiger partial charge in [0.05, 0.1) is 0 Å². The Bertz CT molecular complexity index is 2240. The van der Waals surface area contributed by atoms with Gasteiger partial charge in [-0.25, -0.2) is 0 Å². The fraction of sp³-hybridized carbons (Fsp3) is 0.0943. The van der Waals surface area contributed by atoms with Crippen molar-refractivity contribution in [1.29, 1.82) is 0 Å². The minimum atomic E-state index is 0.354. The van der Waals surface area contributed by atoms with Gasteiger partial charge < -0.3 is 0 Å². The molecule has 0 atom stereocenters. The van der Waals surface area contributed by atoms with Crippen LogP contribution in [-0.4, -0.2) is 0 Å². The third-order valence-corrected chi connectivity index (χ3v) is 10.2. The summed E-state index contributed by atoms with van der Waals surface area (Å²) in [6.07, 6.45) is 1.02. The highest BCUT2D eigenvalue weighted by Gasteiger charge is 2.26. The fourth-order valence-electron chi connectivity index (χ4n) is 7.48. The molecule has 0 heteroatoms. The molecular formula is C53H46. The van der Waals surface area contributed by atoms with E-state index in [0.29, 0.717) is 5.92 Å². The van der Waals surface area contributed by atoms with Crippen molar-refractivity contribution in [1.82, 2.24) is 0 Å². The first kappa shape index (κ1) is 35.2. The maximum atomic E-state index is 2.31. The first-order valence-electron chi connectivity index (χ1n) is 18.6. The van der Waals surface area contributed by atoms with Gasteiger partial charge in [0.2, 0.25) is 0 Å². The predicted molar refractivity (Wildman–Crippen MR) is 227 cm³/mol. The van der Waals surface area contributed by atoms with Gasteiger partial charge in [-0.3, -0.25) is 0 Å². The van der Waals surface area contributed by atoms with Crippen LogP contribution in [0.25, 0.3) is 44.5 Å². The molecule has 1 aliphatic rings. The molecule has 0 spiro atoms. The molecule has 1 aliphatic carbocycles. The van der Waals surface area contributed by atoms with Crippen LogP contribution in [0, 0.1) is 20.8 Å². The number of benzene rings is 8. The Balaban J connectivity index is 0.000000147. The van der Waals surface area contributed by atoms with E-state index in [1.54, 1.807) is 0 Å². The second kappa shape index (κ2) is 16.9. The Morgan fingerprint density at radius 2 is 0.585 bits per heavy atom. The third-order valence-electron chi connectivity index (χ3n) is 10.2. The molecule has 0 aromatic heterocycles. The summed E-state index contributed by atoms with van der Waals surface area (Å²) >= 11 is 0. The molecule has 0 unspecified atom stereocenters. The number of fused-ring (bicyclic) bond motifs is 5. The van der Waals surface area contributed by atoms with E-state index >= 15 is 0 Å². The zero-order valence-electron chi connectivity index (χ0n) is 30.9. The van der Waals surface area contributed by atoms with E-state index in [-0.39, 0.29) is 0 Å². The van der Waals surface area contributed by atoms with Crippen LogP contribution in [0.15, 0.2) is 206 Å². The van der Waals surface area contributed by atoms with E-state index in [9.17, 15) is 0 Å². The van der Waals surface area contributed by atoms with Crippen LogP contribution in [0.4, 0.5) is 0 Å². The normalized spacial score (nSPS) is 11.3. The summed E-state index contributed by atoms with van der Waals surface area (Å²) in [6, 6.07) is 73.5. The molecule has 0 bridgehead atoms. The molecule has 8 aromatic rings. The highest BCUT2D eigenvalue weighted by atomic mass is 14.3. The van der Waals surface area contributed by atoms with Gasteiger partial charge in [0.1, 0.15) is 0 Å². The van der Waals surface area contributed by atoms with Gasteiger partial charge in [0.25, 0.3) is 0 Å². The van der Waals surface area contributed by atoms with Gasteiger partial charge in [0, 0.05) is 5.92 Å². The van der Waals surface area contributed by atoms with Gasteiger partial charge in [-0.15, -0.1) is 0 Å². The van der Waals surface area contributed by atoms with Crippen molar-refractivity contribution in [2.24, 2.45) is 0 Å². The van der Waals surface area contributed by atoms with Crippen molar-refractivity contribution in [3.8, 4) is 44.5 Å². The number of hydrogen-bond donors (Lipinski definition) is 0. The Kier molecular flexibility index (Phi) is 11.2. The fourth-order valence-corrected chi connectivity index (χ4v) is 7.48. The summed E-state index contributed by atoms with van der Waals surface area (Å²) in [7, 11) is 0. The Morgan fingerprint density at radius 1 is 0.283 bits per heavy atom. The smallest absolute Gasteiger partial charge is 0.0142 e. The second-order valence-corrected chi connectivity index (χ2v) is 13.8. The van der Waals surface area contributed by atoms with E-state index < -0.39 is 0 Å². The highest BCUT2D eigenvalue weighted by Crippen LogP contribution is 2.46. The molecule has 0 saturated carbocycles. The molecule has 0 fully saturated rings. The zero-order valence-corrected chi connectivity index (χ0v) is 30.9. The number of aryl methyl sites for hydroxylation is 3. The average molecular weight is 683 g/mol. The molecule has 0 heterocycles. The molecule has 0 amide bonds. The summed E-state index contributed by atoms with van der Waals surface area (Å²) in [5.41, 5.74) is 18.8. The minimum absolute atomic E-state index is 0.354. The van der Waals surface area contributed by atoms with E-state index in [1.165, 1.54) is 77.9 Å². The lowest BCUT2D eigenvalue weighted by molar-refractivity contribution is 0.811. The van der Waals surface area contributed by atoms with Crippen molar-refractivity contribution in [2.45, 2.75) is 33.1 Å². The molecule has 0 aliphatic heterocycles. The van der Waals surface area contributed by atoms with Crippen LogP contribution in [0.5, 0.6) is 0 Å². The SMILES string of the molecule is Cc1ccc(CC2c3ccccc3-c3ccccc3-c3ccccc32)cc1.Cc1ccccc1-c1ccccc1-c1ccccc1C.c1ccccc1. The van der Waals surface area contributed by atoms with Crippen molar-refractivity contribution < 1.29 is 0 Å². The van der Waals surface area contributed by atoms with Gasteiger partial charge in [-0.05, 0) is 99.5 Å². The van der Waals surface area contributed by atoms with Crippen LogP contribution in [0.3, 0.4) is 0 Å². The standard InChI is InChI=1S/C27H22.C20H18.C6H6/c1-19-14-16-20(17-15-19)18-27-25-12-6-4-10-23(25)21-8-2-3-9-22(21)24-11-5-7-13-26(24)27;1-15-9-3-5-11-17(15)19-13-7-8-14-20(19)18-12-6-4-10-16(18)2;1-2-4-6-5-3-1/h2-17,27H,18H2,1H3;3-14H,1-2H3;1-6H. The van der Waals surface area contributed by atoms with E-state index in [4.69, 9.17) is 0 Å². The summed E-state index contributed by atoms with van der Waals surface area (Å²) in [4.78, 5) is 0. The first-order valence-corrected chi connectivity index (χ1v) is 18.6. The number of rotatable bonds is 4. The monoisotopic (exact) mass is 682 g/mol. The first-order chi connectivity index (χ1) is 26.1. The molecule has 0 saturated heterocycles. The van der Waals surface area contributed by atoms with Gasteiger partial charge in [-0.1, -0.05) is 212 Å². The van der Waals surface area contributed by atoms with E-state index in [2.05, 4.69) is 191 Å². The van der Waals surface area contributed by atoms with E-state index in [1.807, 2.05) is 36.4 Å². The van der Waals surface area contributed by atoms with E-state index in [0.717, 1.165) is 6.42 Å². The summed E-state index contributed by atoms with van der Waals surface area (Å²) in [5, 5.41) is 0. The lowest BCUT2D eigenvalue weighted by Crippen LogP contribution is -2.06. The van der Waals surface area contributed by atoms with Crippen LogP contribution in [-0.2, 0) is 6.42 Å². The molecule has 0 nitrogen and oxygen atoms in total. The van der Waals surface area contributed by atoms with Gasteiger partial charge >= 0.3 is 0 Å². The van der Waals surface area contributed by atoms with Crippen molar-refractivity contribution in [3.05, 3.63) is 240 Å². The van der Waals surface area contributed by atoms with Gasteiger partial charge in [0.15, 0.2) is 0 Å². The topological polar surface area (TPSA) is 0 Å². The summed E-state index contributed by atoms with van der Waals surface area (Å²) in [6.45, 7) is 6.49. The van der Waals surface area contributed by atoms with Gasteiger partial charge in [-0.2, -0.15) is 0 Å². The molecule has 0 N–H and O–H groups in total. The average Bonchev–Trinajstić information content (AvgIpc) is 3.33. The molecule has 53 heavy (non-hydrogen) atoms. The lowest BCUT2D eigenvalue weighted by Gasteiger charge is -2.21. The molecule has 0 radical (unpaired) electrons. The minimum Gasteiger partial charge on any atom is -0.0623 e. The molecule has 258 valence electrons. The number of hydrogen-bond acceptors (Lipinski definition) is 0. The Hall–Kier alpha value is -6.24. The van der Waals surface area contributed by atoms with Crippen molar-refractivity contribution in [3.63, 3.8) is 0 Å². The third kappa shape index (κ3) is 8.14. The summed E-state index contributed by atoms with van der Waals surface area (Å²) in [5.74, 6) is 0.354. The lowest BCUT2D eigenvalue weighted by atomic mass is 9.83. The van der Waals surface area contributed by atoms with Crippen molar-refractivity contribution in [2.75, 3.05) is 0 Å². The van der Waals surface area contributed by atoms with Crippen LogP contribution in [0.2, 0.25) is 0 Å². The molecular weight excluding hydrogens is 637 g/mol.